The number of aromatic nitrogens is 3. The lowest BCUT2D eigenvalue weighted by atomic mass is 10.2. The van der Waals surface area contributed by atoms with Crippen LogP contribution in [0.3, 0.4) is 0 Å². The fraction of sp³-hybridized carbons (Fsp3) is 0.300. The molecule has 0 aliphatic carbocycles. The summed E-state index contributed by atoms with van der Waals surface area (Å²) in [6, 6.07) is 10.5. The van der Waals surface area contributed by atoms with E-state index in [-0.39, 0.29) is 11.3 Å². The highest BCUT2D eigenvalue weighted by atomic mass is 32.1. The van der Waals surface area contributed by atoms with Crippen molar-refractivity contribution in [3.05, 3.63) is 57.8 Å². The van der Waals surface area contributed by atoms with Crippen LogP contribution in [-0.2, 0) is 6.54 Å². The second kappa shape index (κ2) is 9.27. The number of nitrogens with zero attached hydrogens (tertiary/aromatic N) is 3. The van der Waals surface area contributed by atoms with Gasteiger partial charge in [-0.25, -0.2) is 9.67 Å². The van der Waals surface area contributed by atoms with E-state index in [1.165, 1.54) is 28.2 Å². The molecule has 0 saturated carbocycles. The van der Waals surface area contributed by atoms with Crippen LogP contribution in [0.5, 0.6) is 5.75 Å². The third-order valence-corrected chi connectivity index (χ3v) is 4.64. The van der Waals surface area contributed by atoms with E-state index in [1.54, 1.807) is 0 Å². The summed E-state index contributed by atoms with van der Waals surface area (Å²) in [6.45, 7) is 5.17. The third kappa shape index (κ3) is 4.83. The lowest BCUT2D eigenvalue weighted by Gasteiger charge is -2.05. The summed E-state index contributed by atoms with van der Waals surface area (Å²) < 4.78 is 6.88. The van der Waals surface area contributed by atoms with E-state index in [0.717, 1.165) is 29.8 Å². The molecule has 2 aromatic heterocycles. The molecule has 3 aromatic rings. The van der Waals surface area contributed by atoms with Crippen molar-refractivity contribution in [3.63, 3.8) is 0 Å². The number of amides is 1. The van der Waals surface area contributed by atoms with Crippen LogP contribution in [0.1, 0.15) is 37.2 Å². The number of anilines is 1. The molecule has 1 aromatic carbocycles. The lowest BCUT2D eigenvalue weighted by Crippen LogP contribution is -2.26. The molecule has 28 heavy (non-hydrogen) atoms. The molecule has 1 N–H and O–H groups in total. The number of rotatable bonds is 8. The highest BCUT2D eigenvalue weighted by molar-refractivity contribution is 7.14. The van der Waals surface area contributed by atoms with Crippen LogP contribution >= 0.6 is 11.3 Å². The molecule has 1 amide bonds. The van der Waals surface area contributed by atoms with Crippen molar-refractivity contribution in [2.24, 2.45) is 0 Å². The average Bonchev–Trinajstić information content (AvgIpc) is 3.17. The van der Waals surface area contributed by atoms with Gasteiger partial charge in [0, 0.05) is 23.6 Å². The summed E-state index contributed by atoms with van der Waals surface area (Å²) in [5.41, 5.74) is 1.67. The highest BCUT2D eigenvalue weighted by Gasteiger charge is 2.13. The fourth-order valence-electron chi connectivity index (χ4n) is 2.51. The van der Waals surface area contributed by atoms with Gasteiger partial charge in [0.1, 0.15) is 11.4 Å². The van der Waals surface area contributed by atoms with E-state index in [9.17, 15) is 9.59 Å². The predicted octanol–water partition coefficient (Wildman–Crippen LogP) is 3.82. The molecule has 7 nitrogen and oxygen atoms in total. The number of hydrogen-bond donors (Lipinski definition) is 1. The highest BCUT2D eigenvalue weighted by Crippen LogP contribution is 2.26. The topological polar surface area (TPSA) is 86.1 Å². The van der Waals surface area contributed by atoms with Gasteiger partial charge in [-0.2, -0.15) is 5.10 Å². The zero-order valence-corrected chi connectivity index (χ0v) is 16.7. The molecule has 0 spiro atoms. The van der Waals surface area contributed by atoms with Gasteiger partial charge in [0.05, 0.1) is 12.3 Å². The Balaban J connectivity index is 1.69. The molecule has 3 rings (SSSR count). The molecule has 0 fully saturated rings. The van der Waals surface area contributed by atoms with Crippen molar-refractivity contribution in [2.45, 2.75) is 33.2 Å². The smallest absolute Gasteiger partial charge is 0.277 e. The van der Waals surface area contributed by atoms with Crippen LogP contribution in [-0.4, -0.2) is 27.3 Å². The molecule has 0 radical (unpaired) electrons. The second-order valence-electron chi connectivity index (χ2n) is 6.14. The van der Waals surface area contributed by atoms with E-state index in [2.05, 4.69) is 22.3 Å². The molecule has 0 aliphatic heterocycles. The second-order valence-corrected chi connectivity index (χ2v) is 7.00. The number of benzene rings is 1. The molecular weight excluding hydrogens is 376 g/mol. The van der Waals surface area contributed by atoms with Crippen LogP contribution in [0, 0.1) is 0 Å². The van der Waals surface area contributed by atoms with Crippen molar-refractivity contribution < 1.29 is 9.53 Å². The summed E-state index contributed by atoms with van der Waals surface area (Å²) in [7, 11) is 0. The number of aryl methyl sites for hydroxylation is 1. The first-order valence-electron chi connectivity index (χ1n) is 9.19. The molecule has 146 valence electrons. The van der Waals surface area contributed by atoms with Gasteiger partial charge in [-0.15, -0.1) is 11.3 Å². The van der Waals surface area contributed by atoms with Gasteiger partial charge in [0.25, 0.3) is 11.5 Å². The molecular formula is C20H22N4O3S. The van der Waals surface area contributed by atoms with Crippen LogP contribution in [0.2, 0.25) is 0 Å². The number of nitrogens with one attached hydrogen (secondary N) is 1. The summed E-state index contributed by atoms with van der Waals surface area (Å²) >= 11 is 1.33. The monoisotopic (exact) mass is 398 g/mol. The maximum atomic E-state index is 12.4. The first-order chi connectivity index (χ1) is 13.6. The van der Waals surface area contributed by atoms with Crippen LogP contribution < -0.4 is 15.6 Å². The van der Waals surface area contributed by atoms with Gasteiger partial charge >= 0.3 is 0 Å². The Morgan fingerprint density at radius 2 is 1.93 bits per heavy atom. The Bertz CT molecular complexity index is 995. The largest absolute Gasteiger partial charge is 0.494 e. The van der Waals surface area contributed by atoms with Crippen LogP contribution in [0.15, 0.2) is 46.6 Å². The minimum absolute atomic E-state index is 0.183. The Labute approximate surface area is 167 Å². The molecule has 0 saturated heterocycles. The van der Waals surface area contributed by atoms with Crippen molar-refractivity contribution in [3.8, 4) is 17.0 Å². The molecule has 2 heterocycles. The minimum Gasteiger partial charge on any atom is -0.494 e. The third-order valence-electron chi connectivity index (χ3n) is 3.88. The van der Waals surface area contributed by atoms with Gasteiger partial charge in [0.15, 0.2) is 5.13 Å². The van der Waals surface area contributed by atoms with E-state index in [0.29, 0.717) is 18.3 Å². The van der Waals surface area contributed by atoms with Crippen LogP contribution in [0.25, 0.3) is 11.3 Å². The van der Waals surface area contributed by atoms with Gasteiger partial charge in [-0.1, -0.05) is 13.8 Å². The van der Waals surface area contributed by atoms with E-state index < -0.39 is 5.91 Å². The van der Waals surface area contributed by atoms with E-state index in [4.69, 9.17) is 4.74 Å². The maximum absolute atomic E-state index is 12.4. The zero-order valence-electron chi connectivity index (χ0n) is 15.8. The number of ether oxygens (including phenoxy) is 1. The summed E-state index contributed by atoms with van der Waals surface area (Å²) in [6.07, 6.45) is 1.72. The molecule has 8 heteroatoms. The normalized spacial score (nSPS) is 10.6. The molecule has 0 aliphatic rings. The standard InChI is InChI=1S/C20H22N4O3S/c1-3-11-24-18(25)10-9-16(23-24)19(26)22-20-21-17(13-28-20)14-5-7-15(8-6-14)27-12-4-2/h5-10,13H,3-4,11-12H2,1-2H3,(H,21,22,26). The Kier molecular flexibility index (Phi) is 6.54. The number of carbonyl (C=O) groups is 1. The van der Waals surface area contributed by atoms with Crippen LogP contribution in [0.4, 0.5) is 5.13 Å². The average molecular weight is 398 g/mol. The fourth-order valence-corrected chi connectivity index (χ4v) is 3.22. The van der Waals surface area contributed by atoms with Gasteiger partial charge < -0.3 is 4.74 Å². The quantitative estimate of drug-likeness (QED) is 0.623. The Morgan fingerprint density at radius 3 is 2.64 bits per heavy atom. The summed E-state index contributed by atoms with van der Waals surface area (Å²) in [4.78, 5) is 28.6. The van der Waals surface area contributed by atoms with Gasteiger partial charge in [0.2, 0.25) is 0 Å². The maximum Gasteiger partial charge on any atom is 0.277 e. The predicted molar refractivity (Wildman–Crippen MR) is 110 cm³/mol. The van der Waals surface area contributed by atoms with Gasteiger partial charge in [-0.3, -0.25) is 14.9 Å². The summed E-state index contributed by atoms with van der Waals surface area (Å²) in [5.74, 6) is 0.428. The molecule has 0 bridgehead atoms. The van der Waals surface area contributed by atoms with Gasteiger partial charge in [-0.05, 0) is 43.2 Å². The Hall–Kier alpha value is -3.00. The minimum atomic E-state index is -0.394. The van der Waals surface area contributed by atoms with Crippen molar-refractivity contribution >= 4 is 22.4 Å². The molecule has 0 unspecified atom stereocenters. The van der Waals surface area contributed by atoms with E-state index in [1.807, 2.05) is 36.6 Å². The SMILES string of the molecule is CCCOc1ccc(-c2csc(NC(=O)c3ccc(=O)n(CCC)n3)n2)cc1. The number of carbonyl (C=O) groups excluding carboxylic acids is 1. The number of hydrogen-bond acceptors (Lipinski definition) is 6. The zero-order chi connectivity index (χ0) is 19.9. The lowest BCUT2D eigenvalue weighted by molar-refractivity contribution is 0.101. The first kappa shape index (κ1) is 19.8. The van der Waals surface area contributed by atoms with Crippen molar-refractivity contribution in [2.75, 3.05) is 11.9 Å². The molecule has 0 atom stereocenters. The van der Waals surface area contributed by atoms with Crippen molar-refractivity contribution in [1.82, 2.24) is 14.8 Å². The summed E-state index contributed by atoms with van der Waals surface area (Å²) in [5, 5.41) is 9.21. The Morgan fingerprint density at radius 1 is 1.14 bits per heavy atom. The van der Waals surface area contributed by atoms with E-state index >= 15 is 0 Å². The first-order valence-corrected chi connectivity index (χ1v) is 10.1. The van der Waals surface area contributed by atoms with Crippen molar-refractivity contribution in [1.29, 1.82) is 0 Å². The number of thiazole rings is 1.